The van der Waals surface area contributed by atoms with Crippen molar-refractivity contribution in [1.29, 1.82) is 0 Å². The summed E-state index contributed by atoms with van der Waals surface area (Å²) in [6.45, 7) is 0. The van der Waals surface area contributed by atoms with Gasteiger partial charge in [-0.25, -0.2) is 4.39 Å². The highest BCUT2D eigenvalue weighted by Crippen LogP contribution is 2.25. The van der Waals surface area contributed by atoms with Gasteiger partial charge in [0.15, 0.2) is 0 Å². The van der Waals surface area contributed by atoms with E-state index in [9.17, 15) is 4.39 Å². The Morgan fingerprint density at radius 2 is 1.33 bits per heavy atom. The number of hydrogen-bond acceptors (Lipinski definition) is 0. The summed E-state index contributed by atoms with van der Waals surface area (Å²) in [5, 5.41) is 0. The average molecular weight is 276 g/mol. The van der Waals surface area contributed by atoms with Crippen molar-refractivity contribution in [3.05, 3.63) is 95.8 Å². The molecule has 0 aliphatic carbocycles. The van der Waals surface area contributed by atoms with Gasteiger partial charge in [0.05, 0.1) is 0 Å². The summed E-state index contributed by atoms with van der Waals surface area (Å²) in [7, 11) is 0. The Morgan fingerprint density at radius 1 is 0.667 bits per heavy atom. The minimum Gasteiger partial charge on any atom is -0.207 e. The summed E-state index contributed by atoms with van der Waals surface area (Å²) in [6, 6.07) is 25.6. The molecule has 104 valence electrons. The molecule has 0 N–H and O–H groups in total. The lowest BCUT2D eigenvalue weighted by molar-refractivity contribution is 0.625. The molecule has 0 spiro atoms. The van der Waals surface area contributed by atoms with Crippen molar-refractivity contribution >= 4 is 0 Å². The summed E-state index contributed by atoms with van der Waals surface area (Å²) in [6.07, 6.45) is 1.76. The van der Waals surface area contributed by atoms with E-state index >= 15 is 0 Å². The van der Waals surface area contributed by atoms with E-state index in [1.807, 2.05) is 42.5 Å². The molecule has 21 heavy (non-hydrogen) atoms. The SMILES string of the molecule is Fc1ccc(-c2ccccc2)c(CCc2ccccc2)c1. The monoisotopic (exact) mass is 276 g/mol. The Bertz CT molecular complexity index is 702. The summed E-state index contributed by atoms with van der Waals surface area (Å²) in [5.41, 5.74) is 4.60. The molecule has 0 saturated carbocycles. The molecule has 0 aliphatic rings. The minimum absolute atomic E-state index is 0.169. The molecular weight excluding hydrogens is 259 g/mol. The first-order valence-electron chi connectivity index (χ1n) is 7.21. The topological polar surface area (TPSA) is 0 Å². The van der Waals surface area contributed by atoms with Gasteiger partial charge in [-0.3, -0.25) is 0 Å². The van der Waals surface area contributed by atoms with Gasteiger partial charge < -0.3 is 0 Å². The summed E-state index contributed by atoms with van der Waals surface area (Å²) < 4.78 is 13.6. The average Bonchev–Trinajstić information content (AvgIpc) is 2.55. The second kappa shape index (κ2) is 6.36. The fourth-order valence-corrected chi connectivity index (χ4v) is 2.59. The Morgan fingerprint density at radius 3 is 2.05 bits per heavy atom. The van der Waals surface area contributed by atoms with Crippen LogP contribution in [0.4, 0.5) is 4.39 Å². The molecule has 0 aromatic heterocycles. The van der Waals surface area contributed by atoms with E-state index in [1.165, 1.54) is 11.6 Å². The molecule has 0 unspecified atom stereocenters. The fraction of sp³-hybridized carbons (Fsp3) is 0.100. The Hall–Kier alpha value is -2.41. The zero-order chi connectivity index (χ0) is 14.5. The Labute approximate surface area is 124 Å². The highest BCUT2D eigenvalue weighted by molar-refractivity contribution is 5.67. The van der Waals surface area contributed by atoms with Crippen LogP contribution in [0.1, 0.15) is 11.1 Å². The van der Waals surface area contributed by atoms with Crippen LogP contribution in [0.15, 0.2) is 78.9 Å². The molecule has 1 heteroatoms. The predicted molar refractivity (Wildman–Crippen MR) is 85.7 cm³/mol. The van der Waals surface area contributed by atoms with Crippen molar-refractivity contribution in [3.8, 4) is 11.1 Å². The first-order chi connectivity index (χ1) is 10.3. The van der Waals surface area contributed by atoms with Crippen LogP contribution in [-0.4, -0.2) is 0 Å². The minimum atomic E-state index is -0.169. The molecule has 3 aromatic rings. The van der Waals surface area contributed by atoms with Gasteiger partial charge >= 0.3 is 0 Å². The summed E-state index contributed by atoms with van der Waals surface area (Å²) in [4.78, 5) is 0. The molecule has 3 aromatic carbocycles. The van der Waals surface area contributed by atoms with Crippen LogP contribution in [-0.2, 0) is 12.8 Å². The summed E-state index contributed by atoms with van der Waals surface area (Å²) in [5.74, 6) is -0.169. The lowest BCUT2D eigenvalue weighted by Crippen LogP contribution is -1.95. The van der Waals surface area contributed by atoms with Gasteiger partial charge in [0.2, 0.25) is 0 Å². The highest BCUT2D eigenvalue weighted by atomic mass is 19.1. The number of halogens is 1. The Kier molecular flexibility index (Phi) is 4.11. The number of aryl methyl sites for hydroxylation is 2. The highest BCUT2D eigenvalue weighted by Gasteiger charge is 2.06. The van der Waals surface area contributed by atoms with Crippen molar-refractivity contribution < 1.29 is 4.39 Å². The third kappa shape index (κ3) is 3.38. The largest absolute Gasteiger partial charge is 0.207 e. The maximum absolute atomic E-state index is 13.6. The van der Waals surface area contributed by atoms with Crippen LogP contribution in [0, 0.1) is 5.82 Å². The lowest BCUT2D eigenvalue weighted by Gasteiger charge is -2.10. The molecule has 0 amide bonds. The normalized spacial score (nSPS) is 10.5. The molecular formula is C20H17F. The van der Waals surface area contributed by atoms with Crippen molar-refractivity contribution in [3.63, 3.8) is 0 Å². The van der Waals surface area contributed by atoms with Gasteiger partial charge in [-0.2, -0.15) is 0 Å². The third-order valence-electron chi connectivity index (χ3n) is 3.68. The maximum Gasteiger partial charge on any atom is 0.123 e. The van der Waals surface area contributed by atoms with E-state index in [4.69, 9.17) is 0 Å². The molecule has 0 fully saturated rings. The summed E-state index contributed by atoms with van der Waals surface area (Å²) >= 11 is 0. The zero-order valence-corrected chi connectivity index (χ0v) is 11.8. The second-order valence-corrected chi connectivity index (χ2v) is 5.15. The van der Waals surface area contributed by atoms with Crippen molar-refractivity contribution in [1.82, 2.24) is 0 Å². The molecule has 0 nitrogen and oxygen atoms in total. The quantitative estimate of drug-likeness (QED) is 0.608. The number of hydrogen-bond donors (Lipinski definition) is 0. The molecule has 0 atom stereocenters. The first-order valence-corrected chi connectivity index (χ1v) is 7.21. The molecule has 0 radical (unpaired) electrons. The zero-order valence-electron chi connectivity index (χ0n) is 11.8. The smallest absolute Gasteiger partial charge is 0.123 e. The van der Waals surface area contributed by atoms with E-state index in [0.29, 0.717) is 0 Å². The van der Waals surface area contributed by atoms with Crippen molar-refractivity contribution in [2.45, 2.75) is 12.8 Å². The van der Waals surface area contributed by atoms with Crippen LogP contribution < -0.4 is 0 Å². The standard InChI is InChI=1S/C20H17F/c21-19-13-14-20(17-9-5-2-6-10-17)18(15-19)12-11-16-7-3-1-4-8-16/h1-10,13-15H,11-12H2. The van der Waals surface area contributed by atoms with E-state index in [1.54, 1.807) is 6.07 Å². The van der Waals surface area contributed by atoms with Crippen molar-refractivity contribution in [2.24, 2.45) is 0 Å². The fourth-order valence-electron chi connectivity index (χ4n) is 2.59. The molecule has 0 saturated heterocycles. The van der Waals surface area contributed by atoms with E-state index in [0.717, 1.165) is 29.5 Å². The van der Waals surface area contributed by atoms with Crippen LogP contribution in [0.25, 0.3) is 11.1 Å². The molecule has 3 rings (SSSR count). The third-order valence-corrected chi connectivity index (χ3v) is 3.68. The van der Waals surface area contributed by atoms with Gasteiger partial charge in [0.25, 0.3) is 0 Å². The lowest BCUT2D eigenvalue weighted by atomic mass is 9.95. The molecule has 0 aliphatic heterocycles. The number of benzene rings is 3. The van der Waals surface area contributed by atoms with Gasteiger partial charge in [-0.05, 0) is 47.2 Å². The van der Waals surface area contributed by atoms with Crippen LogP contribution in [0.5, 0.6) is 0 Å². The van der Waals surface area contributed by atoms with Gasteiger partial charge in [0, 0.05) is 0 Å². The predicted octanol–water partition coefficient (Wildman–Crippen LogP) is 5.28. The van der Waals surface area contributed by atoms with Crippen LogP contribution in [0.2, 0.25) is 0 Å². The van der Waals surface area contributed by atoms with Crippen LogP contribution in [0.3, 0.4) is 0 Å². The van der Waals surface area contributed by atoms with Gasteiger partial charge in [-0.15, -0.1) is 0 Å². The molecule has 0 heterocycles. The van der Waals surface area contributed by atoms with E-state index in [2.05, 4.69) is 24.3 Å². The van der Waals surface area contributed by atoms with Gasteiger partial charge in [0.1, 0.15) is 5.82 Å². The second-order valence-electron chi connectivity index (χ2n) is 5.15. The van der Waals surface area contributed by atoms with E-state index in [-0.39, 0.29) is 5.82 Å². The van der Waals surface area contributed by atoms with Crippen molar-refractivity contribution in [2.75, 3.05) is 0 Å². The Balaban J connectivity index is 1.89. The molecule has 0 bridgehead atoms. The van der Waals surface area contributed by atoms with Crippen LogP contribution >= 0.6 is 0 Å². The maximum atomic E-state index is 13.6. The first kappa shape index (κ1) is 13.6. The number of rotatable bonds is 4. The van der Waals surface area contributed by atoms with E-state index < -0.39 is 0 Å². The van der Waals surface area contributed by atoms with Gasteiger partial charge in [-0.1, -0.05) is 66.7 Å².